The molecule has 0 spiro atoms. The van der Waals surface area contributed by atoms with Crippen LogP contribution in [0.2, 0.25) is 0 Å². The zero-order chi connectivity index (χ0) is 20.4. The number of thioether (sulfide) groups is 1. The lowest BCUT2D eigenvalue weighted by Crippen LogP contribution is -2.36. The summed E-state index contributed by atoms with van der Waals surface area (Å²) in [4.78, 5) is 38.8. The van der Waals surface area contributed by atoms with Gasteiger partial charge in [0, 0.05) is 11.1 Å². The minimum absolute atomic E-state index is 0.320. The van der Waals surface area contributed by atoms with E-state index < -0.39 is 17.1 Å². The Morgan fingerprint density at radius 2 is 1.72 bits per heavy atom. The smallest absolute Gasteiger partial charge is 0.294 e. The SMILES string of the molecule is Cc1ccccc1/C=C1/SC(=O)N(CC(=O)Nc2cccc3ccccc23)C1=O. The maximum absolute atomic E-state index is 12.7. The number of benzene rings is 3. The van der Waals surface area contributed by atoms with Gasteiger partial charge in [0.05, 0.1) is 4.91 Å². The number of carbonyl (C=O) groups is 3. The van der Waals surface area contributed by atoms with Gasteiger partial charge in [-0.15, -0.1) is 0 Å². The molecule has 1 fully saturated rings. The standard InChI is InChI=1S/C23H18N2O3S/c1-15-7-2-3-9-17(15)13-20-22(27)25(23(28)29-20)14-21(26)24-19-12-6-10-16-8-4-5-11-18(16)19/h2-13H,14H2,1H3,(H,24,26)/b20-13+. The number of anilines is 1. The molecule has 1 saturated heterocycles. The van der Waals surface area contributed by atoms with Gasteiger partial charge in [-0.25, -0.2) is 0 Å². The average molecular weight is 402 g/mol. The molecule has 144 valence electrons. The summed E-state index contributed by atoms with van der Waals surface area (Å²) in [6.45, 7) is 1.62. The molecule has 0 unspecified atom stereocenters. The lowest BCUT2D eigenvalue weighted by atomic mass is 10.1. The van der Waals surface area contributed by atoms with Crippen LogP contribution in [0.3, 0.4) is 0 Å². The number of nitrogens with one attached hydrogen (secondary N) is 1. The molecule has 0 atom stereocenters. The highest BCUT2D eigenvalue weighted by atomic mass is 32.2. The monoisotopic (exact) mass is 402 g/mol. The van der Waals surface area contributed by atoms with Crippen molar-refractivity contribution in [1.82, 2.24) is 4.90 Å². The van der Waals surface area contributed by atoms with Crippen LogP contribution in [0.25, 0.3) is 16.8 Å². The second-order valence-corrected chi connectivity index (χ2v) is 7.69. The number of rotatable bonds is 4. The predicted octanol–water partition coefficient (Wildman–Crippen LogP) is 4.82. The number of fused-ring (bicyclic) bond motifs is 1. The molecule has 3 aromatic carbocycles. The minimum Gasteiger partial charge on any atom is -0.324 e. The van der Waals surface area contributed by atoms with E-state index in [1.165, 1.54) is 0 Å². The zero-order valence-corrected chi connectivity index (χ0v) is 16.5. The van der Waals surface area contributed by atoms with E-state index in [2.05, 4.69) is 5.32 Å². The lowest BCUT2D eigenvalue weighted by molar-refractivity contribution is -0.127. The largest absolute Gasteiger partial charge is 0.324 e. The fourth-order valence-corrected chi connectivity index (χ4v) is 4.02. The number of imide groups is 1. The zero-order valence-electron chi connectivity index (χ0n) is 15.7. The van der Waals surface area contributed by atoms with Crippen molar-refractivity contribution in [2.75, 3.05) is 11.9 Å². The summed E-state index contributed by atoms with van der Waals surface area (Å²) < 4.78 is 0. The molecule has 4 rings (SSSR count). The summed E-state index contributed by atoms with van der Waals surface area (Å²) in [6.07, 6.45) is 1.70. The van der Waals surface area contributed by atoms with Gasteiger partial charge < -0.3 is 5.32 Å². The molecule has 6 heteroatoms. The van der Waals surface area contributed by atoms with E-state index in [0.29, 0.717) is 10.6 Å². The quantitative estimate of drug-likeness (QED) is 0.635. The van der Waals surface area contributed by atoms with Crippen molar-refractivity contribution in [3.05, 3.63) is 82.8 Å². The Morgan fingerprint density at radius 3 is 2.55 bits per heavy atom. The highest BCUT2D eigenvalue weighted by Gasteiger charge is 2.36. The Bertz CT molecular complexity index is 1160. The summed E-state index contributed by atoms with van der Waals surface area (Å²) in [7, 11) is 0. The van der Waals surface area contributed by atoms with E-state index in [1.54, 1.807) is 12.1 Å². The molecule has 29 heavy (non-hydrogen) atoms. The van der Waals surface area contributed by atoms with Gasteiger partial charge in [-0.3, -0.25) is 19.3 Å². The summed E-state index contributed by atoms with van der Waals surface area (Å²) in [5.41, 5.74) is 2.53. The molecule has 1 heterocycles. The van der Waals surface area contributed by atoms with Gasteiger partial charge in [-0.1, -0.05) is 60.7 Å². The van der Waals surface area contributed by atoms with Gasteiger partial charge in [0.2, 0.25) is 5.91 Å². The number of aryl methyl sites for hydroxylation is 1. The van der Waals surface area contributed by atoms with Crippen molar-refractivity contribution < 1.29 is 14.4 Å². The highest BCUT2D eigenvalue weighted by Crippen LogP contribution is 2.32. The van der Waals surface area contributed by atoms with Gasteiger partial charge in [0.1, 0.15) is 6.54 Å². The van der Waals surface area contributed by atoms with Crippen LogP contribution in [0.15, 0.2) is 71.6 Å². The van der Waals surface area contributed by atoms with Crippen molar-refractivity contribution in [2.45, 2.75) is 6.92 Å². The van der Waals surface area contributed by atoms with E-state index in [4.69, 9.17) is 0 Å². The Hall–Kier alpha value is -3.38. The second-order valence-electron chi connectivity index (χ2n) is 6.70. The summed E-state index contributed by atoms with van der Waals surface area (Å²) in [6, 6.07) is 20.9. The first-order chi connectivity index (χ1) is 14.0. The fraction of sp³-hybridized carbons (Fsp3) is 0.0870. The number of carbonyl (C=O) groups excluding carboxylic acids is 3. The third-order valence-electron chi connectivity index (χ3n) is 4.71. The number of hydrogen-bond acceptors (Lipinski definition) is 4. The van der Waals surface area contributed by atoms with Crippen LogP contribution in [-0.4, -0.2) is 28.5 Å². The van der Waals surface area contributed by atoms with Crippen LogP contribution in [0, 0.1) is 6.92 Å². The van der Waals surface area contributed by atoms with Crippen molar-refractivity contribution in [1.29, 1.82) is 0 Å². The molecule has 0 aromatic heterocycles. The first-order valence-electron chi connectivity index (χ1n) is 9.11. The van der Waals surface area contributed by atoms with E-state index in [-0.39, 0.29) is 6.54 Å². The van der Waals surface area contributed by atoms with Gasteiger partial charge in [0.25, 0.3) is 11.1 Å². The summed E-state index contributed by atoms with van der Waals surface area (Å²) in [5, 5.41) is 4.27. The minimum atomic E-state index is -0.448. The van der Waals surface area contributed by atoms with E-state index >= 15 is 0 Å². The molecule has 0 saturated carbocycles. The van der Waals surface area contributed by atoms with Crippen molar-refractivity contribution in [2.24, 2.45) is 0 Å². The molecular formula is C23H18N2O3S. The summed E-state index contributed by atoms with van der Waals surface area (Å²) in [5.74, 6) is -0.864. The number of hydrogen-bond donors (Lipinski definition) is 1. The van der Waals surface area contributed by atoms with E-state index in [9.17, 15) is 14.4 Å². The maximum Gasteiger partial charge on any atom is 0.294 e. The second kappa shape index (κ2) is 7.93. The molecule has 0 radical (unpaired) electrons. The third-order valence-corrected chi connectivity index (χ3v) is 5.62. The first kappa shape index (κ1) is 19.0. The Labute approximate surface area is 172 Å². The molecule has 1 aliphatic heterocycles. The van der Waals surface area contributed by atoms with Crippen LogP contribution >= 0.6 is 11.8 Å². The molecule has 5 nitrogen and oxygen atoms in total. The van der Waals surface area contributed by atoms with Gasteiger partial charge in [0.15, 0.2) is 0 Å². The van der Waals surface area contributed by atoms with Gasteiger partial charge in [-0.2, -0.15) is 0 Å². The molecule has 3 amide bonds. The molecule has 3 aromatic rings. The molecule has 0 aliphatic carbocycles. The molecular weight excluding hydrogens is 384 g/mol. The van der Waals surface area contributed by atoms with Crippen molar-refractivity contribution in [3.63, 3.8) is 0 Å². The Morgan fingerprint density at radius 1 is 1.00 bits per heavy atom. The third kappa shape index (κ3) is 3.93. The Balaban J connectivity index is 1.50. The molecule has 1 aliphatic rings. The normalized spacial score (nSPS) is 15.3. The van der Waals surface area contributed by atoms with Crippen molar-refractivity contribution in [3.8, 4) is 0 Å². The van der Waals surface area contributed by atoms with Crippen LogP contribution in [0.1, 0.15) is 11.1 Å². The van der Waals surface area contributed by atoms with Crippen LogP contribution in [0.4, 0.5) is 10.5 Å². The predicted molar refractivity (Wildman–Crippen MR) is 116 cm³/mol. The fourth-order valence-electron chi connectivity index (χ4n) is 3.19. The van der Waals surface area contributed by atoms with Crippen molar-refractivity contribution >= 4 is 51.4 Å². The first-order valence-corrected chi connectivity index (χ1v) is 9.93. The topological polar surface area (TPSA) is 66.5 Å². The average Bonchev–Trinajstić information content (AvgIpc) is 2.97. The molecule has 0 bridgehead atoms. The highest BCUT2D eigenvalue weighted by molar-refractivity contribution is 8.18. The molecule has 1 N–H and O–H groups in total. The van der Waals surface area contributed by atoms with Crippen LogP contribution in [0.5, 0.6) is 0 Å². The van der Waals surface area contributed by atoms with Crippen LogP contribution in [-0.2, 0) is 9.59 Å². The van der Waals surface area contributed by atoms with Gasteiger partial charge in [-0.05, 0) is 47.3 Å². The Kier molecular flexibility index (Phi) is 5.18. The number of nitrogens with zero attached hydrogens (tertiary/aromatic N) is 1. The van der Waals surface area contributed by atoms with Gasteiger partial charge >= 0.3 is 0 Å². The maximum atomic E-state index is 12.7. The lowest BCUT2D eigenvalue weighted by Gasteiger charge is -2.13. The number of amides is 3. The van der Waals surface area contributed by atoms with E-state index in [1.807, 2.05) is 67.6 Å². The van der Waals surface area contributed by atoms with Crippen LogP contribution < -0.4 is 5.32 Å². The summed E-state index contributed by atoms with van der Waals surface area (Å²) >= 11 is 0.855. The van der Waals surface area contributed by atoms with E-state index in [0.717, 1.165) is 38.6 Å².